The van der Waals surface area contributed by atoms with E-state index >= 15 is 0 Å². The molecule has 0 unspecified atom stereocenters. The van der Waals surface area contributed by atoms with Crippen LogP contribution in [0.5, 0.6) is 0 Å². The van der Waals surface area contributed by atoms with Crippen LogP contribution in [-0.2, 0) is 9.53 Å². The van der Waals surface area contributed by atoms with Crippen molar-refractivity contribution >= 4 is 29.0 Å². The van der Waals surface area contributed by atoms with Gasteiger partial charge in [0.15, 0.2) is 0 Å². The van der Waals surface area contributed by atoms with E-state index in [-0.39, 0.29) is 11.3 Å². The van der Waals surface area contributed by atoms with Crippen LogP contribution in [-0.4, -0.2) is 24.7 Å². The molecule has 1 aliphatic rings. The van der Waals surface area contributed by atoms with Gasteiger partial charge in [-0.3, -0.25) is 5.32 Å². The number of carbonyl (C=O) groups is 1. The van der Waals surface area contributed by atoms with E-state index in [1.54, 1.807) is 38.8 Å². The number of nitrogens with zero attached hydrogens (tertiary/aromatic N) is 1. The molecule has 122 valence electrons. The number of carbonyl (C=O) groups excluding carboxylic acids is 2. The Morgan fingerprint density at radius 1 is 1.35 bits per heavy atom. The van der Waals surface area contributed by atoms with Gasteiger partial charge in [0, 0.05) is 18.3 Å². The molecule has 0 atom stereocenters. The van der Waals surface area contributed by atoms with Gasteiger partial charge < -0.3 is 9.64 Å². The van der Waals surface area contributed by atoms with Crippen LogP contribution in [0.2, 0.25) is 0 Å². The predicted molar refractivity (Wildman–Crippen MR) is 87.5 cm³/mol. The minimum Gasteiger partial charge on any atom is -0.444 e. The number of hydrogen-bond donors (Lipinski definition) is 1. The third-order valence-corrected chi connectivity index (χ3v) is 3.36. The minimum absolute atomic E-state index is 0.00945. The van der Waals surface area contributed by atoms with Crippen LogP contribution in [0.4, 0.5) is 20.6 Å². The van der Waals surface area contributed by atoms with Crippen molar-refractivity contribution in [2.75, 3.05) is 17.3 Å². The van der Waals surface area contributed by atoms with Crippen LogP contribution in [0.1, 0.15) is 33.3 Å². The van der Waals surface area contributed by atoms with Gasteiger partial charge in [-0.2, -0.15) is 0 Å². The van der Waals surface area contributed by atoms with E-state index in [4.69, 9.17) is 4.74 Å². The molecule has 0 aromatic heterocycles. The largest absolute Gasteiger partial charge is 0.444 e. The number of allylic oxidation sites excluding steroid dienone is 3. The summed E-state index contributed by atoms with van der Waals surface area (Å²) in [6, 6.07) is 2.68. The Hall–Kier alpha value is -2.59. The number of rotatable bonds is 1. The second-order valence-corrected chi connectivity index (χ2v) is 6.34. The van der Waals surface area contributed by atoms with Crippen molar-refractivity contribution in [2.24, 2.45) is 0 Å². The summed E-state index contributed by atoms with van der Waals surface area (Å²) in [6.07, 6.45) is 0.892. The fourth-order valence-corrected chi connectivity index (χ4v) is 2.22. The van der Waals surface area contributed by atoms with Crippen molar-refractivity contribution < 1.29 is 18.7 Å². The molecule has 0 radical (unpaired) electrons. The number of anilines is 2. The van der Waals surface area contributed by atoms with Crippen LogP contribution in [0.15, 0.2) is 23.9 Å². The quantitative estimate of drug-likeness (QED) is 0.801. The van der Waals surface area contributed by atoms with Gasteiger partial charge in [0.1, 0.15) is 17.4 Å². The number of ether oxygens (including phenoxy) is 1. The maximum atomic E-state index is 14.3. The molecule has 5 nitrogen and oxygen atoms in total. The molecule has 0 bridgehead atoms. The van der Waals surface area contributed by atoms with Gasteiger partial charge in [-0.1, -0.05) is 0 Å². The number of amides is 1. The number of benzene rings is 1. The summed E-state index contributed by atoms with van der Waals surface area (Å²) in [5.41, 5.74) is 1.43. The highest BCUT2D eigenvalue weighted by Gasteiger charge is 2.23. The molecule has 23 heavy (non-hydrogen) atoms. The molecular weight excluding hydrogens is 299 g/mol. The second kappa shape index (κ2) is 5.89. The molecular formula is C17H19FN2O3. The van der Waals surface area contributed by atoms with Crippen LogP contribution >= 0.6 is 0 Å². The van der Waals surface area contributed by atoms with Crippen molar-refractivity contribution in [3.8, 4) is 0 Å². The van der Waals surface area contributed by atoms with Crippen molar-refractivity contribution in [3.05, 3.63) is 35.3 Å². The Kier molecular flexibility index (Phi) is 4.30. The summed E-state index contributed by atoms with van der Waals surface area (Å²) in [4.78, 5) is 24.7. The van der Waals surface area contributed by atoms with E-state index in [0.29, 0.717) is 11.3 Å². The van der Waals surface area contributed by atoms with Gasteiger partial charge in [-0.05, 0) is 45.9 Å². The molecule has 2 rings (SSSR count). The smallest absolute Gasteiger partial charge is 0.412 e. The van der Waals surface area contributed by atoms with E-state index in [2.05, 4.69) is 5.32 Å². The molecule has 0 saturated heterocycles. The molecule has 1 amide bonds. The summed E-state index contributed by atoms with van der Waals surface area (Å²) < 4.78 is 19.4. The van der Waals surface area contributed by atoms with E-state index in [1.165, 1.54) is 12.1 Å². The lowest BCUT2D eigenvalue weighted by Crippen LogP contribution is -2.28. The fraction of sp³-hybridized carbons (Fsp3) is 0.353. The van der Waals surface area contributed by atoms with Gasteiger partial charge in [-0.15, -0.1) is 0 Å². The molecule has 1 heterocycles. The van der Waals surface area contributed by atoms with Crippen LogP contribution in [0, 0.1) is 5.82 Å². The molecule has 6 heteroatoms. The average molecular weight is 318 g/mol. The first-order valence-electron chi connectivity index (χ1n) is 7.13. The van der Waals surface area contributed by atoms with Crippen LogP contribution < -0.4 is 10.2 Å². The van der Waals surface area contributed by atoms with Gasteiger partial charge in [0.25, 0.3) is 0 Å². The average Bonchev–Trinajstić information content (AvgIpc) is 2.42. The molecule has 1 N–H and O–H groups in total. The van der Waals surface area contributed by atoms with E-state index in [1.807, 2.05) is 12.9 Å². The van der Waals surface area contributed by atoms with Gasteiger partial charge in [-0.25, -0.2) is 14.0 Å². The normalized spacial score (nSPS) is 13.9. The highest BCUT2D eigenvalue weighted by molar-refractivity contribution is 6.01. The third kappa shape index (κ3) is 3.60. The Labute approximate surface area is 134 Å². The van der Waals surface area contributed by atoms with Crippen LogP contribution in [0.25, 0.3) is 5.57 Å². The topological polar surface area (TPSA) is 58.6 Å². The highest BCUT2D eigenvalue weighted by atomic mass is 19.1. The molecule has 1 aromatic rings. The first kappa shape index (κ1) is 16.8. The number of hydrogen-bond acceptors (Lipinski definition) is 4. The van der Waals surface area contributed by atoms with Gasteiger partial charge in [0.05, 0.1) is 16.9 Å². The first-order valence-corrected chi connectivity index (χ1v) is 7.13. The van der Waals surface area contributed by atoms with Crippen molar-refractivity contribution in [1.82, 2.24) is 0 Å². The molecule has 0 spiro atoms. The minimum atomic E-state index is -0.742. The summed E-state index contributed by atoms with van der Waals surface area (Å²) in [5.74, 6) is 1.17. The van der Waals surface area contributed by atoms with E-state index in [9.17, 15) is 14.0 Å². The maximum Gasteiger partial charge on any atom is 0.412 e. The lowest BCUT2D eigenvalue weighted by molar-refractivity contribution is 0.0635. The van der Waals surface area contributed by atoms with E-state index < -0.39 is 17.5 Å². The van der Waals surface area contributed by atoms with Crippen molar-refractivity contribution in [2.45, 2.75) is 33.3 Å². The zero-order valence-electron chi connectivity index (χ0n) is 13.8. The molecule has 0 fully saturated rings. The molecule has 0 saturated carbocycles. The number of nitrogens with one attached hydrogen (secondary N) is 1. The molecule has 1 aromatic carbocycles. The standard InChI is InChI=1S/C17H19FN2O3/c1-10-6-11(9-21)12-7-13(18)14(8-15(12)20(10)5)19-16(22)23-17(2,3)4/h6-8H,1-5H3,(H,19,22). The second-order valence-electron chi connectivity index (χ2n) is 6.34. The maximum absolute atomic E-state index is 14.3. The van der Waals surface area contributed by atoms with Gasteiger partial charge in [0.2, 0.25) is 0 Å². The monoisotopic (exact) mass is 318 g/mol. The third-order valence-electron chi connectivity index (χ3n) is 3.36. The summed E-state index contributed by atoms with van der Waals surface area (Å²) >= 11 is 0. The van der Waals surface area contributed by atoms with Gasteiger partial charge >= 0.3 is 6.09 Å². The summed E-state index contributed by atoms with van der Waals surface area (Å²) in [7, 11) is 1.79. The fourth-order valence-electron chi connectivity index (χ4n) is 2.22. The van der Waals surface area contributed by atoms with Crippen LogP contribution in [0.3, 0.4) is 0 Å². The zero-order valence-corrected chi connectivity index (χ0v) is 13.8. The SMILES string of the molecule is CC1=CC(=C=O)c2cc(F)c(NC(=O)OC(C)(C)C)cc2N1C. The lowest BCUT2D eigenvalue weighted by Gasteiger charge is -2.28. The van der Waals surface area contributed by atoms with E-state index in [0.717, 1.165) is 5.70 Å². The Morgan fingerprint density at radius 2 is 2.00 bits per heavy atom. The number of halogens is 1. The van der Waals surface area contributed by atoms with Crippen molar-refractivity contribution in [1.29, 1.82) is 0 Å². The first-order chi connectivity index (χ1) is 10.6. The highest BCUT2D eigenvalue weighted by Crippen LogP contribution is 2.37. The summed E-state index contributed by atoms with van der Waals surface area (Å²) in [6.45, 7) is 6.99. The zero-order chi connectivity index (χ0) is 17.4. The Balaban J connectivity index is 2.40. The Bertz CT molecular complexity index is 741. The number of fused-ring (bicyclic) bond motifs is 1. The Morgan fingerprint density at radius 3 is 2.57 bits per heavy atom. The molecule has 0 aliphatic carbocycles. The summed E-state index contributed by atoms with van der Waals surface area (Å²) in [5, 5.41) is 2.40. The lowest BCUT2D eigenvalue weighted by atomic mass is 9.98. The van der Waals surface area contributed by atoms with Crippen molar-refractivity contribution in [3.63, 3.8) is 0 Å². The predicted octanol–water partition coefficient (Wildman–Crippen LogP) is 3.74. The molecule has 1 aliphatic heterocycles.